The first-order valence-corrected chi connectivity index (χ1v) is 8.97. The molecule has 2 rings (SSSR count). The molecule has 1 atom stereocenters. The van der Waals surface area contributed by atoms with Crippen molar-refractivity contribution >= 4 is 38.9 Å². The maximum atomic E-state index is 6.72. The number of hydrogen-bond acceptors (Lipinski definition) is 1. The van der Waals surface area contributed by atoms with E-state index in [2.05, 4.69) is 74.0 Å². The third kappa shape index (κ3) is 3.47. The fourth-order valence-electron chi connectivity index (χ4n) is 2.30. The molecule has 0 radical (unpaired) electrons. The lowest BCUT2D eigenvalue weighted by Crippen LogP contribution is -2.02. The summed E-state index contributed by atoms with van der Waals surface area (Å²) in [5.41, 5.74) is 3.98. The maximum absolute atomic E-state index is 6.72. The van der Waals surface area contributed by atoms with Crippen LogP contribution in [-0.4, -0.2) is 0 Å². The number of hydrogen-bond donors (Lipinski definition) is 0. The number of benzene rings is 1. The molecule has 0 aliphatic carbocycles. The summed E-state index contributed by atoms with van der Waals surface area (Å²) < 4.78 is 1.13. The molecule has 0 aliphatic rings. The van der Waals surface area contributed by atoms with E-state index in [1.54, 1.807) is 11.3 Å². The molecule has 0 nitrogen and oxygen atoms in total. The van der Waals surface area contributed by atoms with Crippen LogP contribution in [0, 0.1) is 0 Å². The van der Waals surface area contributed by atoms with Gasteiger partial charge in [-0.2, -0.15) is 0 Å². The molecule has 0 amide bonds. The van der Waals surface area contributed by atoms with Crippen LogP contribution in [0.15, 0.2) is 34.1 Å². The highest BCUT2D eigenvalue weighted by atomic mass is 79.9. The van der Waals surface area contributed by atoms with E-state index in [0.717, 1.165) is 3.79 Å². The zero-order valence-electron chi connectivity index (χ0n) is 12.3. The van der Waals surface area contributed by atoms with Gasteiger partial charge >= 0.3 is 0 Å². The SMILES string of the molecule is CC(C)c1ccc(C(Cl)c2ccc(Br)s2)c(C(C)C)c1. The lowest BCUT2D eigenvalue weighted by molar-refractivity contribution is 0.819. The zero-order chi connectivity index (χ0) is 14.9. The van der Waals surface area contributed by atoms with Crippen molar-refractivity contribution in [2.24, 2.45) is 0 Å². The van der Waals surface area contributed by atoms with Gasteiger partial charge in [-0.1, -0.05) is 45.9 Å². The van der Waals surface area contributed by atoms with Crippen LogP contribution in [0.3, 0.4) is 0 Å². The Balaban J connectivity index is 2.45. The third-order valence-corrected chi connectivity index (χ3v) is 5.80. The first-order valence-electron chi connectivity index (χ1n) is 6.93. The highest BCUT2D eigenvalue weighted by Crippen LogP contribution is 2.39. The minimum atomic E-state index is -0.0649. The first kappa shape index (κ1) is 16.1. The molecule has 0 saturated carbocycles. The summed E-state index contributed by atoms with van der Waals surface area (Å²) >= 11 is 11.9. The Morgan fingerprint density at radius 1 is 0.950 bits per heavy atom. The fraction of sp³-hybridized carbons (Fsp3) is 0.412. The monoisotopic (exact) mass is 370 g/mol. The summed E-state index contributed by atoms with van der Waals surface area (Å²) in [5, 5.41) is -0.0649. The van der Waals surface area contributed by atoms with Crippen molar-refractivity contribution in [1.29, 1.82) is 0 Å². The molecule has 1 aromatic carbocycles. The van der Waals surface area contributed by atoms with Crippen molar-refractivity contribution in [3.05, 3.63) is 55.7 Å². The van der Waals surface area contributed by atoms with E-state index in [0.29, 0.717) is 11.8 Å². The predicted molar refractivity (Wildman–Crippen MR) is 94.3 cm³/mol. The van der Waals surface area contributed by atoms with Gasteiger partial charge in [0.2, 0.25) is 0 Å². The van der Waals surface area contributed by atoms with Crippen molar-refractivity contribution in [3.63, 3.8) is 0 Å². The third-order valence-electron chi connectivity index (χ3n) is 3.52. The topological polar surface area (TPSA) is 0 Å². The summed E-state index contributed by atoms with van der Waals surface area (Å²) in [5.74, 6) is 1.03. The van der Waals surface area contributed by atoms with E-state index < -0.39 is 0 Å². The normalized spacial score (nSPS) is 13.2. The molecular formula is C17H20BrClS. The molecule has 0 saturated heterocycles. The zero-order valence-corrected chi connectivity index (χ0v) is 15.4. The van der Waals surface area contributed by atoms with Crippen LogP contribution in [0.5, 0.6) is 0 Å². The molecule has 1 unspecified atom stereocenters. The largest absolute Gasteiger partial charge is 0.131 e. The van der Waals surface area contributed by atoms with Gasteiger partial charge in [-0.3, -0.25) is 0 Å². The van der Waals surface area contributed by atoms with Crippen molar-refractivity contribution in [1.82, 2.24) is 0 Å². The van der Waals surface area contributed by atoms with E-state index in [9.17, 15) is 0 Å². The Labute approximate surface area is 139 Å². The van der Waals surface area contributed by atoms with Crippen molar-refractivity contribution in [2.45, 2.75) is 44.9 Å². The van der Waals surface area contributed by atoms with Gasteiger partial charge in [-0.25, -0.2) is 0 Å². The van der Waals surface area contributed by atoms with E-state index >= 15 is 0 Å². The van der Waals surface area contributed by atoms with E-state index in [1.807, 2.05) is 0 Å². The lowest BCUT2D eigenvalue weighted by Gasteiger charge is -2.19. The lowest BCUT2D eigenvalue weighted by atomic mass is 9.90. The molecule has 0 spiro atoms. The quantitative estimate of drug-likeness (QED) is 0.503. The molecule has 1 aromatic heterocycles. The van der Waals surface area contributed by atoms with Crippen LogP contribution < -0.4 is 0 Å². The van der Waals surface area contributed by atoms with E-state index in [4.69, 9.17) is 11.6 Å². The van der Waals surface area contributed by atoms with Gasteiger partial charge in [-0.15, -0.1) is 22.9 Å². The second-order valence-corrected chi connectivity index (χ2v) is 8.63. The highest BCUT2D eigenvalue weighted by molar-refractivity contribution is 9.11. The molecule has 108 valence electrons. The van der Waals surface area contributed by atoms with Crippen LogP contribution in [-0.2, 0) is 0 Å². The number of alkyl halides is 1. The van der Waals surface area contributed by atoms with Crippen LogP contribution in [0.1, 0.15) is 66.5 Å². The molecule has 0 fully saturated rings. The highest BCUT2D eigenvalue weighted by Gasteiger charge is 2.19. The van der Waals surface area contributed by atoms with E-state index in [1.165, 1.54) is 21.6 Å². The van der Waals surface area contributed by atoms with Crippen LogP contribution in [0.25, 0.3) is 0 Å². The summed E-state index contributed by atoms with van der Waals surface area (Å²) in [4.78, 5) is 1.19. The van der Waals surface area contributed by atoms with Gasteiger partial charge in [-0.05, 0) is 56.6 Å². The van der Waals surface area contributed by atoms with Gasteiger partial charge in [0, 0.05) is 4.88 Å². The Bertz CT molecular complexity index is 586. The van der Waals surface area contributed by atoms with Gasteiger partial charge in [0.05, 0.1) is 9.16 Å². The summed E-state index contributed by atoms with van der Waals surface area (Å²) in [6.45, 7) is 8.93. The Morgan fingerprint density at radius 2 is 1.65 bits per heavy atom. The maximum Gasteiger partial charge on any atom is 0.0930 e. The predicted octanol–water partition coefficient (Wildman–Crippen LogP) is 7.09. The van der Waals surface area contributed by atoms with Crippen molar-refractivity contribution < 1.29 is 0 Å². The molecule has 0 bridgehead atoms. The van der Waals surface area contributed by atoms with Gasteiger partial charge in [0.1, 0.15) is 0 Å². The first-order chi connectivity index (χ1) is 9.40. The molecule has 2 aromatic rings. The number of rotatable bonds is 4. The molecule has 1 heterocycles. The fourth-order valence-corrected chi connectivity index (χ4v) is 4.13. The van der Waals surface area contributed by atoms with Gasteiger partial charge < -0.3 is 0 Å². The smallest absolute Gasteiger partial charge is 0.0930 e. The van der Waals surface area contributed by atoms with Crippen LogP contribution >= 0.6 is 38.9 Å². The molecule has 3 heteroatoms. The Morgan fingerprint density at radius 3 is 2.15 bits per heavy atom. The van der Waals surface area contributed by atoms with Gasteiger partial charge in [0.25, 0.3) is 0 Å². The van der Waals surface area contributed by atoms with Gasteiger partial charge in [0.15, 0.2) is 0 Å². The molecule has 0 N–H and O–H groups in total. The average molecular weight is 372 g/mol. The molecule has 20 heavy (non-hydrogen) atoms. The standard InChI is InChI=1S/C17H20BrClS/c1-10(2)12-5-6-13(14(9-12)11(3)4)17(19)15-7-8-16(18)20-15/h5-11,17H,1-4H3. The van der Waals surface area contributed by atoms with E-state index in [-0.39, 0.29) is 5.38 Å². The minimum absolute atomic E-state index is 0.0649. The molecular weight excluding hydrogens is 352 g/mol. The van der Waals surface area contributed by atoms with Crippen molar-refractivity contribution in [2.75, 3.05) is 0 Å². The average Bonchev–Trinajstić information content (AvgIpc) is 2.83. The summed E-state index contributed by atoms with van der Waals surface area (Å²) in [6.07, 6.45) is 0. The summed E-state index contributed by atoms with van der Waals surface area (Å²) in [7, 11) is 0. The Kier molecular flexibility index (Phi) is 5.33. The second kappa shape index (κ2) is 6.64. The summed E-state index contributed by atoms with van der Waals surface area (Å²) in [6, 6.07) is 10.9. The second-order valence-electron chi connectivity index (χ2n) is 5.70. The number of halogens is 2. The molecule has 0 aliphatic heterocycles. The van der Waals surface area contributed by atoms with Crippen LogP contribution in [0.4, 0.5) is 0 Å². The number of thiophene rings is 1. The van der Waals surface area contributed by atoms with Crippen LogP contribution in [0.2, 0.25) is 0 Å². The Hall–Kier alpha value is -0.310. The van der Waals surface area contributed by atoms with Crippen molar-refractivity contribution in [3.8, 4) is 0 Å². The minimum Gasteiger partial charge on any atom is -0.131 e.